The number of nitrogens with two attached hydrogens (primary N) is 1. The minimum absolute atomic E-state index is 0.0391. The molecule has 1 saturated heterocycles. The van der Waals surface area contributed by atoms with Crippen molar-refractivity contribution in [1.82, 2.24) is 9.55 Å². The van der Waals surface area contributed by atoms with Crippen molar-refractivity contribution in [3.63, 3.8) is 0 Å². The summed E-state index contributed by atoms with van der Waals surface area (Å²) >= 11 is 0.0391. The van der Waals surface area contributed by atoms with Gasteiger partial charge in [-0.15, -0.1) is 0 Å². The molecule has 1 aromatic heterocycles. The third kappa shape index (κ3) is 3.31. The second kappa shape index (κ2) is 5.68. The Hall–Kier alpha value is -1.44. The van der Waals surface area contributed by atoms with Gasteiger partial charge in [-0.3, -0.25) is 0 Å². The molecule has 0 spiro atoms. The van der Waals surface area contributed by atoms with Crippen molar-refractivity contribution < 1.29 is 18.7 Å². The summed E-state index contributed by atoms with van der Waals surface area (Å²) < 4.78 is 24.7. The van der Waals surface area contributed by atoms with Crippen molar-refractivity contribution in [2.24, 2.45) is 0 Å². The van der Waals surface area contributed by atoms with Crippen molar-refractivity contribution in [3.8, 4) is 0 Å². The van der Waals surface area contributed by atoms with Crippen LogP contribution in [0.4, 0.5) is 10.2 Å². The van der Waals surface area contributed by atoms with E-state index in [9.17, 15) is 14.0 Å². The van der Waals surface area contributed by atoms with E-state index in [0.29, 0.717) is 5.32 Å². The second-order valence-corrected chi connectivity index (χ2v) is 6.32. The summed E-state index contributed by atoms with van der Waals surface area (Å²) in [6.45, 7) is 1.45. The van der Waals surface area contributed by atoms with Gasteiger partial charge in [-0.25, -0.2) is 0 Å². The molecule has 0 bridgehead atoms. The molecule has 2 atom stereocenters. The van der Waals surface area contributed by atoms with E-state index in [4.69, 9.17) is 15.2 Å². The number of hydrogen-bond donors (Lipinski definition) is 1. The third-order valence-corrected chi connectivity index (χ3v) is 4.70. The molecule has 0 aliphatic carbocycles. The molecule has 1 aliphatic heterocycles. The predicted octanol–water partition coefficient (Wildman–Crippen LogP) is -0.495. The molecule has 19 heavy (non-hydrogen) atoms. The Morgan fingerprint density at radius 1 is 1.79 bits per heavy atom. The summed E-state index contributed by atoms with van der Waals surface area (Å²) in [6.07, 6.45) is 0.398. The van der Waals surface area contributed by atoms with E-state index in [1.54, 1.807) is 0 Å². The predicted molar refractivity (Wildman–Crippen MR) is 64.0 cm³/mol. The summed E-state index contributed by atoms with van der Waals surface area (Å²) in [5.41, 5.74) is 4.54. The van der Waals surface area contributed by atoms with Gasteiger partial charge < -0.3 is 0 Å². The fourth-order valence-electron chi connectivity index (χ4n) is 1.53. The van der Waals surface area contributed by atoms with Crippen LogP contribution in [-0.4, -0.2) is 42.1 Å². The van der Waals surface area contributed by atoms with E-state index >= 15 is 0 Å². The van der Waals surface area contributed by atoms with Crippen LogP contribution in [0, 0.1) is 5.82 Å². The number of nitrogens with zero attached hydrogens (tertiary/aromatic N) is 2. The van der Waals surface area contributed by atoms with E-state index < -0.39 is 23.6 Å². The minimum atomic E-state index is -0.765. The first kappa shape index (κ1) is 14.0. The molecule has 7 nitrogen and oxygen atoms in total. The first-order valence-electron chi connectivity index (χ1n) is 5.42. The summed E-state index contributed by atoms with van der Waals surface area (Å²) in [5.74, 6) is -1.58. The van der Waals surface area contributed by atoms with Gasteiger partial charge in [0, 0.05) is 0 Å². The molecule has 0 radical (unpaired) electrons. The molecule has 2 rings (SSSR count). The van der Waals surface area contributed by atoms with Crippen LogP contribution in [0.2, 0.25) is 5.32 Å². The number of anilines is 1. The number of hydrogen-bond acceptors (Lipinski definition) is 6. The number of nitrogen functional groups attached to an aromatic ring is 1. The molecule has 0 unspecified atom stereocenters. The number of ether oxygens (including phenoxy) is 2. The van der Waals surface area contributed by atoms with Crippen molar-refractivity contribution >= 4 is 26.7 Å². The fraction of sp³-hybridized carbons (Fsp3) is 0.500. The summed E-state index contributed by atoms with van der Waals surface area (Å²) in [7, 11) is 0. The van der Waals surface area contributed by atoms with E-state index in [1.807, 2.05) is 0 Å². The van der Waals surface area contributed by atoms with Crippen molar-refractivity contribution in [2.45, 2.75) is 23.5 Å². The Labute approximate surface area is 114 Å². The van der Waals surface area contributed by atoms with Crippen LogP contribution in [0.25, 0.3) is 0 Å². The van der Waals surface area contributed by atoms with E-state index in [2.05, 4.69) is 4.98 Å². The Morgan fingerprint density at radius 2 is 2.53 bits per heavy atom. The van der Waals surface area contributed by atoms with Crippen molar-refractivity contribution in [3.05, 3.63) is 22.5 Å². The normalized spacial score (nSPS) is 22.4. The van der Waals surface area contributed by atoms with Gasteiger partial charge in [-0.1, -0.05) is 0 Å². The Balaban J connectivity index is 2.07. The topological polar surface area (TPSA) is 96.4 Å². The van der Waals surface area contributed by atoms with E-state index in [-0.39, 0.29) is 32.5 Å². The zero-order valence-corrected chi connectivity index (χ0v) is 11.8. The van der Waals surface area contributed by atoms with Crippen LogP contribution in [0.3, 0.4) is 0 Å². The van der Waals surface area contributed by atoms with Crippen LogP contribution in [0.5, 0.6) is 0 Å². The van der Waals surface area contributed by atoms with Gasteiger partial charge in [0.05, 0.1) is 0 Å². The molecule has 1 aliphatic rings. The number of esters is 1. The van der Waals surface area contributed by atoms with Crippen LogP contribution >= 0.6 is 0 Å². The molecule has 1 fully saturated rings. The number of carbonyl (C=O) groups excluding carboxylic acids is 1. The van der Waals surface area contributed by atoms with Crippen LogP contribution < -0.4 is 11.4 Å². The molecular formula is C10H12FN3O4Se. The number of rotatable bonds is 3. The molecule has 0 saturated carbocycles. The quantitative estimate of drug-likeness (QED) is 0.591. The van der Waals surface area contributed by atoms with Crippen molar-refractivity contribution in [2.75, 3.05) is 12.3 Å². The Morgan fingerprint density at radius 3 is 3.21 bits per heavy atom. The molecule has 2 N–H and O–H groups in total. The van der Waals surface area contributed by atoms with Crippen LogP contribution in [0.15, 0.2) is 11.0 Å². The molecule has 0 amide bonds. The maximum atomic E-state index is 13.3. The Bertz CT molecular complexity index is 550. The van der Waals surface area contributed by atoms with E-state index in [0.717, 1.165) is 10.8 Å². The molecule has 2 heterocycles. The van der Waals surface area contributed by atoms with Gasteiger partial charge in [-0.05, 0) is 0 Å². The molecule has 9 heteroatoms. The van der Waals surface area contributed by atoms with Crippen LogP contribution in [-0.2, 0) is 14.3 Å². The standard InChI is InChI=1S/C10H12FN3O4Se/c1-5(15)17-3-8-18-7(4-19-8)14-2-6(11)9(12)13-10(14)16/h2,7-8H,3-4H2,1H3,(H2,12,13,16)/t7-,8-/m1/s1. The Kier molecular flexibility index (Phi) is 4.18. The summed E-state index contributed by atoms with van der Waals surface area (Å²) in [5, 5.41) is 0.332. The first-order valence-corrected chi connectivity index (χ1v) is 7.62. The van der Waals surface area contributed by atoms with Gasteiger partial charge in [-0.2, -0.15) is 0 Å². The summed E-state index contributed by atoms with van der Waals surface area (Å²) in [4.78, 5) is 25.7. The number of halogens is 1. The summed E-state index contributed by atoms with van der Waals surface area (Å²) in [6, 6.07) is 0. The SMILES string of the molecule is CC(=O)OC[C@@H]1O[C@@H](n2cc(F)c(N)nc2=O)C[Se]1. The van der Waals surface area contributed by atoms with Gasteiger partial charge in [0.2, 0.25) is 0 Å². The molecule has 0 aromatic carbocycles. The van der Waals surface area contributed by atoms with Gasteiger partial charge in [0.1, 0.15) is 0 Å². The monoisotopic (exact) mass is 337 g/mol. The van der Waals surface area contributed by atoms with E-state index in [1.165, 1.54) is 6.92 Å². The zero-order valence-electron chi connectivity index (χ0n) is 10.0. The van der Waals surface area contributed by atoms with Gasteiger partial charge in [0.25, 0.3) is 0 Å². The zero-order chi connectivity index (χ0) is 14.0. The second-order valence-electron chi connectivity index (χ2n) is 3.82. The van der Waals surface area contributed by atoms with Gasteiger partial charge in [0.15, 0.2) is 0 Å². The average molecular weight is 336 g/mol. The molecular weight excluding hydrogens is 324 g/mol. The average Bonchev–Trinajstić information content (AvgIpc) is 2.80. The fourth-order valence-corrected chi connectivity index (χ4v) is 3.60. The number of aromatic nitrogens is 2. The maximum absolute atomic E-state index is 13.3. The van der Waals surface area contributed by atoms with Crippen molar-refractivity contribution in [1.29, 1.82) is 0 Å². The number of carbonyl (C=O) groups is 1. The molecule has 104 valence electrons. The third-order valence-electron chi connectivity index (χ3n) is 2.40. The first-order chi connectivity index (χ1) is 8.97. The van der Waals surface area contributed by atoms with Gasteiger partial charge >= 0.3 is 113 Å². The van der Waals surface area contributed by atoms with Crippen LogP contribution in [0.1, 0.15) is 13.2 Å². The molecule has 1 aromatic rings.